The zero-order valence-corrected chi connectivity index (χ0v) is 10.3. The smallest absolute Gasteiger partial charge is 0.254 e. The van der Waals surface area contributed by atoms with E-state index in [1.54, 1.807) is 4.52 Å². The molecule has 3 rings (SSSR count). The zero-order valence-electron chi connectivity index (χ0n) is 10.3. The fraction of sp³-hybridized carbons (Fsp3) is 0.143. The Bertz CT molecular complexity index is 769. The van der Waals surface area contributed by atoms with Gasteiger partial charge in [0, 0.05) is 17.2 Å². The molecule has 0 saturated carbocycles. The first-order chi connectivity index (χ1) is 8.66. The summed E-state index contributed by atoms with van der Waals surface area (Å²) in [6.07, 6.45) is 0. The molecule has 4 heteroatoms. The molecule has 0 aliphatic heterocycles. The number of nitrogens with zero attached hydrogens (tertiary/aromatic N) is 2. The molecule has 0 aliphatic carbocycles. The molecule has 0 aliphatic rings. The van der Waals surface area contributed by atoms with Crippen molar-refractivity contribution in [1.29, 1.82) is 0 Å². The second-order valence-corrected chi connectivity index (χ2v) is 4.38. The Morgan fingerprint density at radius 1 is 1.17 bits per heavy atom. The molecule has 1 N–H and O–H groups in total. The van der Waals surface area contributed by atoms with E-state index >= 15 is 0 Å². The summed E-state index contributed by atoms with van der Waals surface area (Å²) in [5.74, 6) is 0. The number of benzene rings is 1. The average Bonchev–Trinajstić information content (AvgIpc) is 2.71. The second kappa shape index (κ2) is 3.84. The third kappa shape index (κ3) is 1.54. The Morgan fingerprint density at radius 2 is 1.89 bits per heavy atom. The van der Waals surface area contributed by atoms with Crippen LogP contribution in [0.2, 0.25) is 0 Å². The lowest BCUT2D eigenvalue weighted by atomic mass is 10.1. The van der Waals surface area contributed by atoms with Gasteiger partial charge in [0.1, 0.15) is 5.65 Å². The van der Waals surface area contributed by atoms with Gasteiger partial charge in [-0.05, 0) is 13.8 Å². The predicted molar refractivity (Wildman–Crippen MR) is 70.7 cm³/mol. The second-order valence-electron chi connectivity index (χ2n) is 4.38. The Balaban J connectivity index is 2.46. The first kappa shape index (κ1) is 10.8. The van der Waals surface area contributed by atoms with E-state index < -0.39 is 0 Å². The van der Waals surface area contributed by atoms with Crippen molar-refractivity contribution in [3.05, 3.63) is 58.0 Å². The molecule has 0 radical (unpaired) electrons. The van der Waals surface area contributed by atoms with Crippen LogP contribution in [0.25, 0.3) is 16.9 Å². The highest BCUT2D eigenvalue weighted by Gasteiger charge is 2.12. The maximum absolute atomic E-state index is 11.9. The van der Waals surface area contributed by atoms with Crippen molar-refractivity contribution >= 4 is 5.65 Å². The van der Waals surface area contributed by atoms with Crippen LogP contribution < -0.4 is 5.56 Å². The summed E-state index contributed by atoms with van der Waals surface area (Å²) in [5, 5.41) is 4.44. The maximum atomic E-state index is 11.9. The van der Waals surface area contributed by atoms with E-state index in [4.69, 9.17) is 0 Å². The molecule has 3 aromatic rings. The lowest BCUT2D eigenvalue weighted by Crippen LogP contribution is -2.15. The van der Waals surface area contributed by atoms with E-state index in [0.29, 0.717) is 5.56 Å². The molecular weight excluding hydrogens is 226 g/mol. The number of hydrogen-bond donors (Lipinski definition) is 1. The van der Waals surface area contributed by atoms with E-state index in [1.807, 2.05) is 50.2 Å². The first-order valence-electron chi connectivity index (χ1n) is 5.81. The number of aromatic amines is 1. The molecule has 0 bridgehead atoms. The standard InChI is InChI=1S/C14H13N3O/c1-9-8-12-15-14(18)10(2)13(17(12)16-9)11-6-4-3-5-7-11/h3-8H,1-2H3,(H,15,18). The van der Waals surface area contributed by atoms with Crippen molar-refractivity contribution in [3.63, 3.8) is 0 Å². The van der Waals surface area contributed by atoms with Gasteiger partial charge in [0.2, 0.25) is 0 Å². The minimum Gasteiger partial charge on any atom is -0.307 e. The Kier molecular flexibility index (Phi) is 2.30. The molecule has 0 amide bonds. The number of hydrogen-bond acceptors (Lipinski definition) is 2. The van der Waals surface area contributed by atoms with E-state index in [0.717, 1.165) is 22.6 Å². The van der Waals surface area contributed by atoms with Gasteiger partial charge in [0.25, 0.3) is 5.56 Å². The van der Waals surface area contributed by atoms with E-state index in [-0.39, 0.29) is 5.56 Å². The Labute approximate surface area is 104 Å². The molecular formula is C14H13N3O. The highest BCUT2D eigenvalue weighted by molar-refractivity contribution is 5.65. The van der Waals surface area contributed by atoms with Gasteiger partial charge in [0.05, 0.1) is 11.4 Å². The van der Waals surface area contributed by atoms with Crippen LogP contribution in [0.15, 0.2) is 41.2 Å². The van der Waals surface area contributed by atoms with Crippen molar-refractivity contribution in [2.24, 2.45) is 0 Å². The summed E-state index contributed by atoms with van der Waals surface area (Å²) in [6, 6.07) is 11.7. The molecule has 0 spiro atoms. The highest BCUT2D eigenvalue weighted by atomic mass is 16.1. The number of fused-ring (bicyclic) bond motifs is 1. The van der Waals surface area contributed by atoms with Crippen LogP contribution in [0.4, 0.5) is 0 Å². The van der Waals surface area contributed by atoms with Crippen LogP contribution in [0.1, 0.15) is 11.3 Å². The SMILES string of the molecule is Cc1cc2[nH]c(=O)c(C)c(-c3ccccc3)n2n1. The number of rotatable bonds is 1. The minimum absolute atomic E-state index is 0.0683. The summed E-state index contributed by atoms with van der Waals surface area (Å²) in [4.78, 5) is 14.8. The Hall–Kier alpha value is -2.36. The van der Waals surface area contributed by atoms with Gasteiger partial charge in [-0.15, -0.1) is 0 Å². The van der Waals surface area contributed by atoms with Gasteiger partial charge in [0.15, 0.2) is 0 Å². The zero-order chi connectivity index (χ0) is 12.7. The fourth-order valence-electron chi connectivity index (χ4n) is 2.17. The van der Waals surface area contributed by atoms with E-state index in [1.165, 1.54) is 0 Å². The average molecular weight is 239 g/mol. The van der Waals surface area contributed by atoms with Crippen molar-refractivity contribution in [2.45, 2.75) is 13.8 Å². The van der Waals surface area contributed by atoms with Gasteiger partial charge >= 0.3 is 0 Å². The number of H-pyrrole nitrogens is 1. The highest BCUT2D eigenvalue weighted by Crippen LogP contribution is 2.21. The molecule has 2 heterocycles. The quantitative estimate of drug-likeness (QED) is 0.708. The lowest BCUT2D eigenvalue weighted by Gasteiger charge is -2.07. The van der Waals surface area contributed by atoms with Crippen molar-refractivity contribution in [1.82, 2.24) is 14.6 Å². The van der Waals surface area contributed by atoms with Crippen LogP contribution in [0.5, 0.6) is 0 Å². The Morgan fingerprint density at radius 3 is 2.61 bits per heavy atom. The third-order valence-electron chi connectivity index (χ3n) is 3.03. The first-order valence-corrected chi connectivity index (χ1v) is 5.81. The van der Waals surface area contributed by atoms with Crippen molar-refractivity contribution in [2.75, 3.05) is 0 Å². The number of aryl methyl sites for hydroxylation is 1. The topological polar surface area (TPSA) is 50.2 Å². The normalized spacial score (nSPS) is 11.0. The molecule has 0 unspecified atom stereocenters. The number of aromatic nitrogens is 3. The molecule has 90 valence electrons. The molecule has 4 nitrogen and oxygen atoms in total. The van der Waals surface area contributed by atoms with Gasteiger partial charge in [-0.1, -0.05) is 30.3 Å². The minimum atomic E-state index is -0.0683. The lowest BCUT2D eigenvalue weighted by molar-refractivity contribution is 0.907. The summed E-state index contributed by atoms with van der Waals surface area (Å²) >= 11 is 0. The van der Waals surface area contributed by atoms with E-state index in [2.05, 4.69) is 10.1 Å². The van der Waals surface area contributed by atoms with Gasteiger partial charge in [-0.2, -0.15) is 5.10 Å². The molecule has 1 aromatic carbocycles. The third-order valence-corrected chi connectivity index (χ3v) is 3.03. The monoisotopic (exact) mass is 239 g/mol. The summed E-state index contributed by atoms with van der Waals surface area (Å²) < 4.78 is 1.79. The molecule has 2 aromatic heterocycles. The van der Waals surface area contributed by atoms with E-state index in [9.17, 15) is 4.79 Å². The molecule has 18 heavy (non-hydrogen) atoms. The number of nitrogens with one attached hydrogen (secondary N) is 1. The maximum Gasteiger partial charge on any atom is 0.254 e. The van der Waals surface area contributed by atoms with Crippen molar-refractivity contribution < 1.29 is 0 Å². The van der Waals surface area contributed by atoms with Crippen LogP contribution in [0, 0.1) is 13.8 Å². The van der Waals surface area contributed by atoms with Crippen molar-refractivity contribution in [3.8, 4) is 11.3 Å². The fourth-order valence-corrected chi connectivity index (χ4v) is 2.17. The van der Waals surface area contributed by atoms with Gasteiger partial charge in [-0.25, -0.2) is 4.52 Å². The summed E-state index contributed by atoms with van der Waals surface area (Å²) in [7, 11) is 0. The van der Waals surface area contributed by atoms with Crippen LogP contribution in [-0.2, 0) is 0 Å². The van der Waals surface area contributed by atoms with Crippen LogP contribution >= 0.6 is 0 Å². The molecule has 0 atom stereocenters. The largest absolute Gasteiger partial charge is 0.307 e. The predicted octanol–water partition coefficient (Wildman–Crippen LogP) is 2.31. The van der Waals surface area contributed by atoms with Crippen LogP contribution in [0.3, 0.4) is 0 Å². The molecule has 0 fully saturated rings. The summed E-state index contributed by atoms with van der Waals surface area (Å²) in [5.41, 5.74) is 4.06. The summed E-state index contributed by atoms with van der Waals surface area (Å²) in [6.45, 7) is 3.73. The van der Waals surface area contributed by atoms with Gasteiger partial charge in [-0.3, -0.25) is 4.79 Å². The van der Waals surface area contributed by atoms with Gasteiger partial charge < -0.3 is 4.98 Å². The molecule has 0 saturated heterocycles. The van der Waals surface area contributed by atoms with Crippen LogP contribution in [-0.4, -0.2) is 14.6 Å².